The van der Waals surface area contributed by atoms with Crippen LogP contribution in [0.1, 0.15) is 22.8 Å². The molecule has 9 nitrogen and oxygen atoms in total. The number of hydrogen-bond acceptors (Lipinski definition) is 6. The van der Waals surface area contributed by atoms with Crippen molar-refractivity contribution in [1.82, 2.24) is 19.8 Å². The van der Waals surface area contributed by atoms with Gasteiger partial charge in [-0.1, -0.05) is 12.1 Å². The third-order valence-electron chi connectivity index (χ3n) is 4.17. The summed E-state index contributed by atoms with van der Waals surface area (Å²) in [4.78, 5) is 28.2. The van der Waals surface area contributed by atoms with Crippen LogP contribution >= 0.6 is 0 Å². The van der Waals surface area contributed by atoms with Gasteiger partial charge in [0, 0.05) is 43.3 Å². The van der Waals surface area contributed by atoms with Gasteiger partial charge in [0.1, 0.15) is 12.8 Å². The highest BCUT2D eigenvalue weighted by Crippen LogP contribution is 2.19. The number of nitrogens with one attached hydrogen (secondary N) is 1. The second-order valence-electron chi connectivity index (χ2n) is 6.01. The van der Waals surface area contributed by atoms with Crippen LogP contribution in [0.3, 0.4) is 0 Å². The Labute approximate surface area is 150 Å². The van der Waals surface area contributed by atoms with E-state index in [2.05, 4.69) is 15.2 Å². The molecule has 138 valence electrons. The van der Waals surface area contributed by atoms with Crippen LogP contribution in [-0.2, 0) is 13.1 Å². The number of rotatable bonds is 5. The largest absolute Gasteiger partial charge is 0.444 e. The van der Waals surface area contributed by atoms with E-state index in [0.29, 0.717) is 44.4 Å². The van der Waals surface area contributed by atoms with Crippen molar-refractivity contribution in [2.45, 2.75) is 20.0 Å². The number of fused-ring (bicyclic) bond motifs is 1. The van der Waals surface area contributed by atoms with Crippen LogP contribution < -0.4 is 10.1 Å². The lowest BCUT2D eigenvalue weighted by Crippen LogP contribution is -2.33. The standard InChI is InChI=1S/C17H21N5O4/c1-2-18-16(23)14-5-3-13(4-6-14)11-20-7-8-21-12-15(22(24)25)19-17(21)26-10-9-20/h3-6,12H,2,7-11H2,1H3,(H,18,23). The molecule has 1 aromatic heterocycles. The van der Waals surface area contributed by atoms with Crippen LogP contribution in [0, 0.1) is 10.1 Å². The van der Waals surface area contributed by atoms with Crippen molar-refractivity contribution in [2.24, 2.45) is 0 Å². The fourth-order valence-electron chi connectivity index (χ4n) is 2.82. The van der Waals surface area contributed by atoms with Gasteiger partial charge in [-0.2, -0.15) is 0 Å². The molecule has 0 fully saturated rings. The van der Waals surface area contributed by atoms with E-state index in [0.717, 1.165) is 12.1 Å². The van der Waals surface area contributed by atoms with Gasteiger partial charge in [-0.05, 0) is 29.5 Å². The molecule has 3 rings (SSSR count). The molecule has 2 aromatic rings. The van der Waals surface area contributed by atoms with Crippen LogP contribution in [0.5, 0.6) is 6.01 Å². The summed E-state index contributed by atoms with van der Waals surface area (Å²) >= 11 is 0. The van der Waals surface area contributed by atoms with Gasteiger partial charge in [-0.15, -0.1) is 0 Å². The Balaban J connectivity index is 1.62. The van der Waals surface area contributed by atoms with Crippen molar-refractivity contribution >= 4 is 11.7 Å². The van der Waals surface area contributed by atoms with E-state index in [4.69, 9.17) is 4.74 Å². The number of hydrogen-bond donors (Lipinski definition) is 1. The zero-order valence-corrected chi connectivity index (χ0v) is 14.6. The van der Waals surface area contributed by atoms with Crippen LogP contribution in [0.4, 0.5) is 5.82 Å². The zero-order valence-electron chi connectivity index (χ0n) is 14.6. The molecule has 9 heteroatoms. The van der Waals surface area contributed by atoms with Gasteiger partial charge in [-0.25, -0.2) is 0 Å². The first-order valence-electron chi connectivity index (χ1n) is 8.50. The smallest absolute Gasteiger partial charge is 0.414 e. The maximum absolute atomic E-state index is 11.8. The molecule has 1 aromatic carbocycles. The number of carbonyl (C=O) groups excluding carboxylic acids is 1. The molecule has 26 heavy (non-hydrogen) atoms. The van der Waals surface area contributed by atoms with Gasteiger partial charge in [0.2, 0.25) is 0 Å². The van der Waals surface area contributed by atoms with Crippen molar-refractivity contribution < 1.29 is 14.5 Å². The zero-order chi connectivity index (χ0) is 18.5. The molecule has 1 aliphatic rings. The first-order valence-corrected chi connectivity index (χ1v) is 8.50. The minimum atomic E-state index is -0.519. The number of imidazole rings is 1. The third kappa shape index (κ3) is 4.17. The highest BCUT2D eigenvalue weighted by molar-refractivity contribution is 5.94. The van der Waals surface area contributed by atoms with E-state index in [1.807, 2.05) is 31.2 Å². The Kier molecular flexibility index (Phi) is 5.47. The van der Waals surface area contributed by atoms with E-state index in [-0.39, 0.29) is 11.7 Å². The lowest BCUT2D eigenvalue weighted by molar-refractivity contribution is -0.389. The monoisotopic (exact) mass is 359 g/mol. The Hall–Kier alpha value is -2.94. The molecule has 0 bridgehead atoms. The summed E-state index contributed by atoms with van der Waals surface area (Å²) in [6.45, 7) is 5.59. The number of ether oxygens (including phenoxy) is 1. The van der Waals surface area contributed by atoms with Gasteiger partial charge < -0.3 is 20.2 Å². The average Bonchev–Trinajstić information content (AvgIpc) is 3.01. The van der Waals surface area contributed by atoms with Crippen LogP contribution in [0.15, 0.2) is 30.5 Å². The number of nitrogens with zero attached hydrogens (tertiary/aromatic N) is 4. The average molecular weight is 359 g/mol. The van der Waals surface area contributed by atoms with Crippen LogP contribution in [-0.4, -0.2) is 51.5 Å². The Morgan fingerprint density at radius 3 is 2.77 bits per heavy atom. The molecule has 1 amide bonds. The Morgan fingerprint density at radius 2 is 2.08 bits per heavy atom. The molecule has 0 atom stereocenters. The van der Waals surface area contributed by atoms with E-state index >= 15 is 0 Å². The van der Waals surface area contributed by atoms with Crippen molar-refractivity contribution in [3.8, 4) is 6.01 Å². The molecule has 0 unspecified atom stereocenters. The molecule has 0 saturated heterocycles. The molecular weight excluding hydrogens is 338 g/mol. The molecule has 1 N–H and O–H groups in total. The highest BCUT2D eigenvalue weighted by Gasteiger charge is 2.22. The summed E-state index contributed by atoms with van der Waals surface area (Å²) in [5, 5.41) is 13.6. The number of amides is 1. The van der Waals surface area contributed by atoms with Crippen molar-refractivity contribution in [1.29, 1.82) is 0 Å². The van der Waals surface area contributed by atoms with E-state index in [1.54, 1.807) is 4.57 Å². The van der Waals surface area contributed by atoms with Gasteiger partial charge >= 0.3 is 11.8 Å². The van der Waals surface area contributed by atoms with Gasteiger partial charge in [0.05, 0.1) is 0 Å². The lowest BCUT2D eigenvalue weighted by atomic mass is 10.1. The van der Waals surface area contributed by atoms with Crippen molar-refractivity contribution in [3.05, 3.63) is 51.7 Å². The third-order valence-corrected chi connectivity index (χ3v) is 4.17. The van der Waals surface area contributed by atoms with Crippen molar-refractivity contribution in [3.63, 3.8) is 0 Å². The van der Waals surface area contributed by atoms with Gasteiger partial charge in [0.15, 0.2) is 0 Å². The first-order chi connectivity index (χ1) is 12.6. The van der Waals surface area contributed by atoms with Gasteiger partial charge in [0.25, 0.3) is 5.91 Å². The number of carbonyl (C=O) groups is 1. The van der Waals surface area contributed by atoms with Gasteiger partial charge in [-0.3, -0.25) is 14.3 Å². The molecule has 0 radical (unpaired) electrons. The minimum Gasteiger partial charge on any atom is -0.444 e. The summed E-state index contributed by atoms with van der Waals surface area (Å²) in [6, 6.07) is 7.81. The Morgan fingerprint density at radius 1 is 1.31 bits per heavy atom. The summed E-state index contributed by atoms with van der Waals surface area (Å²) in [7, 11) is 0. The molecule has 0 aliphatic carbocycles. The first kappa shape index (κ1) is 17.9. The molecule has 0 saturated carbocycles. The molecule has 0 spiro atoms. The van der Waals surface area contributed by atoms with E-state index in [1.165, 1.54) is 6.20 Å². The molecular formula is C17H21N5O4. The van der Waals surface area contributed by atoms with E-state index in [9.17, 15) is 14.9 Å². The second kappa shape index (κ2) is 7.96. The minimum absolute atomic E-state index is 0.0760. The Bertz CT molecular complexity index is 787. The maximum atomic E-state index is 11.8. The summed E-state index contributed by atoms with van der Waals surface area (Å²) < 4.78 is 7.23. The quantitative estimate of drug-likeness (QED) is 0.640. The number of benzene rings is 1. The topological polar surface area (TPSA) is 103 Å². The highest BCUT2D eigenvalue weighted by atomic mass is 16.6. The maximum Gasteiger partial charge on any atom is 0.414 e. The SMILES string of the molecule is CCNC(=O)c1ccc(CN2CCOc3nc([N+](=O)[O-])cn3CC2)cc1. The van der Waals surface area contributed by atoms with E-state index < -0.39 is 4.92 Å². The number of aromatic nitrogens is 2. The lowest BCUT2D eigenvalue weighted by Gasteiger charge is -2.24. The summed E-state index contributed by atoms with van der Waals surface area (Å²) in [5.41, 5.74) is 1.73. The molecule has 1 aliphatic heterocycles. The summed E-state index contributed by atoms with van der Waals surface area (Å²) in [5.74, 6) is -0.276. The van der Waals surface area contributed by atoms with Crippen LogP contribution in [0.2, 0.25) is 0 Å². The molecule has 2 heterocycles. The normalized spacial score (nSPS) is 14.7. The number of nitro groups is 1. The van der Waals surface area contributed by atoms with Crippen LogP contribution in [0.25, 0.3) is 0 Å². The fourth-order valence-corrected chi connectivity index (χ4v) is 2.82. The second-order valence-corrected chi connectivity index (χ2v) is 6.01. The predicted octanol–water partition coefficient (Wildman–Crippen LogP) is 1.44. The van der Waals surface area contributed by atoms with Crippen molar-refractivity contribution in [2.75, 3.05) is 26.2 Å². The summed E-state index contributed by atoms with van der Waals surface area (Å²) in [6.07, 6.45) is 1.40. The fraction of sp³-hybridized carbons (Fsp3) is 0.412. The predicted molar refractivity (Wildman–Crippen MR) is 94.1 cm³/mol.